The lowest BCUT2D eigenvalue weighted by molar-refractivity contribution is 0.240. The third-order valence-corrected chi connectivity index (χ3v) is 3.65. The molecule has 0 aliphatic carbocycles. The summed E-state index contributed by atoms with van der Waals surface area (Å²) in [5.41, 5.74) is 2.32. The normalized spacial score (nSPS) is 10.5. The molecule has 0 aliphatic heterocycles. The highest BCUT2D eigenvalue weighted by atomic mass is 19.2. The number of nitrogens with zero attached hydrogens (tertiary/aromatic N) is 2. The van der Waals surface area contributed by atoms with Crippen LogP contribution in [0.5, 0.6) is 0 Å². The van der Waals surface area contributed by atoms with Crippen molar-refractivity contribution in [3.63, 3.8) is 0 Å². The fourth-order valence-electron chi connectivity index (χ4n) is 2.38. The molecule has 0 bridgehead atoms. The summed E-state index contributed by atoms with van der Waals surface area (Å²) in [6, 6.07) is 10.7. The second-order valence-corrected chi connectivity index (χ2v) is 5.38. The number of benzene rings is 2. The van der Waals surface area contributed by atoms with E-state index < -0.39 is 17.7 Å². The predicted molar refractivity (Wildman–Crippen MR) is 89.0 cm³/mol. The first kappa shape index (κ1) is 16.6. The lowest BCUT2D eigenvalue weighted by atomic mass is 10.1. The molecule has 1 aromatic heterocycles. The number of hydrogen-bond acceptors (Lipinski definition) is 2. The number of amides is 2. The summed E-state index contributed by atoms with van der Waals surface area (Å²) in [6.45, 7) is 0.421. The summed E-state index contributed by atoms with van der Waals surface area (Å²) in [6.07, 6.45) is 5.18. The number of nitrogens with one attached hydrogen (secondary N) is 2. The molecular formula is C18H16F2N4O. The molecule has 3 rings (SSSR count). The minimum Gasteiger partial charge on any atom is -0.334 e. The molecule has 0 spiro atoms. The van der Waals surface area contributed by atoms with Crippen LogP contribution in [-0.4, -0.2) is 15.6 Å². The molecule has 0 saturated carbocycles. The zero-order chi connectivity index (χ0) is 17.6. The van der Waals surface area contributed by atoms with Crippen molar-refractivity contribution in [3.8, 4) is 5.69 Å². The van der Waals surface area contributed by atoms with Crippen molar-refractivity contribution in [2.75, 3.05) is 0 Å². The molecule has 128 valence electrons. The lowest BCUT2D eigenvalue weighted by Gasteiger charge is -2.12. The van der Waals surface area contributed by atoms with Gasteiger partial charge in [0.15, 0.2) is 11.6 Å². The van der Waals surface area contributed by atoms with E-state index >= 15 is 0 Å². The molecule has 2 amide bonds. The first-order valence-electron chi connectivity index (χ1n) is 7.65. The molecule has 2 aromatic carbocycles. The molecule has 5 nitrogen and oxygen atoms in total. The molecule has 0 radical (unpaired) electrons. The topological polar surface area (TPSA) is 59.0 Å². The largest absolute Gasteiger partial charge is 0.334 e. The van der Waals surface area contributed by atoms with E-state index in [1.165, 1.54) is 6.07 Å². The Balaban J connectivity index is 1.57. The molecule has 0 aliphatic rings. The number of rotatable bonds is 5. The van der Waals surface area contributed by atoms with Gasteiger partial charge in [0.05, 0.1) is 12.0 Å². The lowest BCUT2D eigenvalue weighted by Crippen LogP contribution is -2.34. The van der Waals surface area contributed by atoms with Crippen molar-refractivity contribution in [2.24, 2.45) is 0 Å². The Labute approximate surface area is 143 Å². The van der Waals surface area contributed by atoms with Crippen LogP contribution in [0.25, 0.3) is 5.69 Å². The first-order chi connectivity index (χ1) is 12.1. The molecular weight excluding hydrogens is 326 g/mol. The maximum absolute atomic E-state index is 13.1. The number of hydrogen-bond donors (Lipinski definition) is 2. The van der Waals surface area contributed by atoms with Crippen molar-refractivity contribution in [3.05, 3.63) is 83.9 Å². The Morgan fingerprint density at radius 3 is 2.60 bits per heavy atom. The van der Waals surface area contributed by atoms with E-state index in [-0.39, 0.29) is 6.54 Å². The number of halogens is 2. The fourth-order valence-corrected chi connectivity index (χ4v) is 2.38. The van der Waals surface area contributed by atoms with Crippen LogP contribution < -0.4 is 10.6 Å². The molecule has 0 atom stereocenters. The Morgan fingerprint density at radius 2 is 1.84 bits per heavy atom. The maximum Gasteiger partial charge on any atom is 0.315 e. The van der Waals surface area contributed by atoms with E-state index in [1.807, 2.05) is 35.0 Å². The van der Waals surface area contributed by atoms with Crippen molar-refractivity contribution >= 4 is 6.03 Å². The SMILES string of the molecule is O=C(NCc1ccc(F)c(F)c1)NCc1ccccc1-n1ccnc1. The van der Waals surface area contributed by atoms with Gasteiger partial charge in [-0.25, -0.2) is 18.6 Å². The van der Waals surface area contributed by atoms with Gasteiger partial charge in [0.25, 0.3) is 0 Å². The third kappa shape index (κ3) is 4.20. The fraction of sp³-hybridized carbons (Fsp3) is 0.111. The van der Waals surface area contributed by atoms with Crippen molar-refractivity contribution in [2.45, 2.75) is 13.1 Å². The summed E-state index contributed by atoms with van der Waals surface area (Å²) in [5.74, 6) is -1.85. The average Bonchev–Trinajstić information content (AvgIpc) is 3.15. The van der Waals surface area contributed by atoms with Crippen LogP contribution in [0.3, 0.4) is 0 Å². The first-order valence-corrected chi connectivity index (χ1v) is 7.65. The van der Waals surface area contributed by atoms with Crippen LogP contribution in [0.2, 0.25) is 0 Å². The Bertz CT molecular complexity index is 865. The van der Waals surface area contributed by atoms with E-state index in [1.54, 1.807) is 12.5 Å². The van der Waals surface area contributed by atoms with Crippen LogP contribution in [0.4, 0.5) is 13.6 Å². The number of urea groups is 1. The zero-order valence-electron chi connectivity index (χ0n) is 13.2. The standard InChI is InChI=1S/C18H16F2N4O/c19-15-6-5-13(9-16(15)20)10-22-18(25)23-11-14-3-1-2-4-17(14)24-8-7-21-12-24/h1-9,12H,10-11H2,(H2,22,23,25). The van der Waals surface area contributed by atoms with E-state index in [0.29, 0.717) is 12.1 Å². The Morgan fingerprint density at radius 1 is 1.04 bits per heavy atom. The van der Waals surface area contributed by atoms with Crippen LogP contribution in [0, 0.1) is 11.6 Å². The highest BCUT2D eigenvalue weighted by Gasteiger charge is 2.07. The average molecular weight is 342 g/mol. The summed E-state index contributed by atoms with van der Waals surface area (Å²) in [4.78, 5) is 15.9. The van der Waals surface area contributed by atoms with E-state index in [2.05, 4.69) is 15.6 Å². The molecule has 1 heterocycles. The zero-order valence-corrected chi connectivity index (χ0v) is 13.2. The second kappa shape index (κ2) is 7.57. The highest BCUT2D eigenvalue weighted by Crippen LogP contribution is 2.13. The summed E-state index contributed by atoms with van der Waals surface area (Å²) < 4.78 is 27.9. The number of aromatic nitrogens is 2. The number of carbonyl (C=O) groups excluding carboxylic acids is 1. The molecule has 3 aromatic rings. The van der Waals surface area contributed by atoms with Crippen LogP contribution in [0.1, 0.15) is 11.1 Å². The van der Waals surface area contributed by atoms with Crippen LogP contribution in [-0.2, 0) is 13.1 Å². The quantitative estimate of drug-likeness (QED) is 0.748. The third-order valence-electron chi connectivity index (χ3n) is 3.65. The molecule has 25 heavy (non-hydrogen) atoms. The Kier molecular flexibility index (Phi) is 5.03. The van der Waals surface area contributed by atoms with E-state index in [9.17, 15) is 13.6 Å². The van der Waals surface area contributed by atoms with Gasteiger partial charge in [-0.15, -0.1) is 0 Å². The van der Waals surface area contributed by atoms with Gasteiger partial charge in [0.2, 0.25) is 0 Å². The van der Waals surface area contributed by atoms with Gasteiger partial charge in [-0.1, -0.05) is 24.3 Å². The molecule has 0 unspecified atom stereocenters. The smallest absolute Gasteiger partial charge is 0.315 e. The van der Waals surface area contributed by atoms with E-state index in [0.717, 1.165) is 23.4 Å². The predicted octanol–water partition coefficient (Wildman–Crippen LogP) is 3.15. The monoisotopic (exact) mass is 342 g/mol. The molecule has 7 heteroatoms. The van der Waals surface area contributed by atoms with Crippen LogP contribution >= 0.6 is 0 Å². The van der Waals surface area contributed by atoms with Crippen molar-refractivity contribution in [1.82, 2.24) is 20.2 Å². The van der Waals surface area contributed by atoms with E-state index in [4.69, 9.17) is 0 Å². The molecule has 0 fully saturated rings. The molecule has 0 saturated heterocycles. The van der Waals surface area contributed by atoms with Crippen molar-refractivity contribution < 1.29 is 13.6 Å². The van der Waals surface area contributed by atoms with Gasteiger partial charge in [0, 0.05) is 25.5 Å². The van der Waals surface area contributed by atoms with Gasteiger partial charge in [-0.2, -0.15) is 0 Å². The number of imidazole rings is 1. The maximum atomic E-state index is 13.1. The van der Waals surface area contributed by atoms with Crippen LogP contribution in [0.15, 0.2) is 61.2 Å². The van der Waals surface area contributed by atoms with Crippen molar-refractivity contribution in [1.29, 1.82) is 0 Å². The van der Waals surface area contributed by atoms with Gasteiger partial charge >= 0.3 is 6.03 Å². The molecule has 2 N–H and O–H groups in total. The van der Waals surface area contributed by atoms with Gasteiger partial charge in [0.1, 0.15) is 0 Å². The van der Waals surface area contributed by atoms with Gasteiger partial charge in [-0.3, -0.25) is 0 Å². The van der Waals surface area contributed by atoms with Gasteiger partial charge in [-0.05, 0) is 29.3 Å². The summed E-state index contributed by atoms with van der Waals surface area (Å²) in [5, 5.41) is 5.36. The summed E-state index contributed by atoms with van der Waals surface area (Å²) in [7, 11) is 0. The second-order valence-electron chi connectivity index (χ2n) is 5.38. The minimum absolute atomic E-state index is 0.103. The Hall–Kier alpha value is -3.22. The summed E-state index contributed by atoms with van der Waals surface area (Å²) >= 11 is 0. The highest BCUT2D eigenvalue weighted by molar-refractivity contribution is 5.74. The minimum atomic E-state index is -0.936. The number of carbonyl (C=O) groups is 1. The number of para-hydroxylation sites is 1. The van der Waals surface area contributed by atoms with Gasteiger partial charge < -0.3 is 15.2 Å².